The van der Waals surface area contributed by atoms with Crippen LogP contribution < -0.4 is 0 Å². The van der Waals surface area contributed by atoms with E-state index in [4.69, 9.17) is 5.11 Å². The second-order valence-corrected chi connectivity index (χ2v) is 4.63. The molecule has 0 aliphatic carbocycles. The van der Waals surface area contributed by atoms with E-state index >= 15 is 0 Å². The van der Waals surface area contributed by atoms with Crippen LogP contribution in [0, 0.1) is 0 Å². The van der Waals surface area contributed by atoms with E-state index in [1.807, 2.05) is 32.1 Å². The first kappa shape index (κ1) is 14.5. The molecule has 0 aromatic heterocycles. The molecule has 0 atom stereocenters. The molecule has 0 unspecified atom stereocenters. The monoisotopic (exact) mass is 248 g/mol. The number of hydrogen-bond acceptors (Lipinski definition) is 1. The predicted molar refractivity (Wildman–Crippen MR) is 74.1 cm³/mol. The average molecular weight is 248 g/mol. The van der Waals surface area contributed by atoms with Gasteiger partial charge in [0, 0.05) is 5.56 Å². The molecule has 1 aromatic carbocycles. The van der Waals surface area contributed by atoms with Crippen LogP contribution >= 0.6 is 0 Å². The van der Waals surface area contributed by atoms with Crippen LogP contribution in [0.3, 0.4) is 0 Å². The van der Waals surface area contributed by atoms with Crippen LogP contribution in [-0.2, 0) is 11.3 Å². The zero-order valence-corrected chi connectivity index (χ0v) is 11.2. The molecule has 0 heterocycles. The van der Waals surface area contributed by atoms with Crippen LogP contribution in [0.1, 0.15) is 25.0 Å². The van der Waals surface area contributed by atoms with Gasteiger partial charge in [0.2, 0.25) is 0 Å². The first-order valence-corrected chi connectivity index (χ1v) is 6.33. The van der Waals surface area contributed by atoms with Gasteiger partial charge in [-0.05, 0) is 19.4 Å². The Balaban J connectivity index is 2.87. The summed E-state index contributed by atoms with van der Waals surface area (Å²) in [5, 5.41) is 9.04. The van der Waals surface area contributed by atoms with E-state index in [0.717, 1.165) is 25.2 Å². The molecule has 3 heteroatoms. The Morgan fingerprint density at radius 2 is 1.83 bits per heavy atom. The molecule has 0 fully saturated rings. The third-order valence-electron chi connectivity index (χ3n) is 3.55. The third-order valence-corrected chi connectivity index (χ3v) is 3.55. The summed E-state index contributed by atoms with van der Waals surface area (Å²) in [7, 11) is 0. The molecule has 0 radical (unpaired) electrons. The number of carbonyl (C=O) groups is 1. The number of aliphatic carboxylic acids is 1. The van der Waals surface area contributed by atoms with Gasteiger partial charge in [-0.15, -0.1) is 0 Å². The Hall–Kier alpha value is -1.61. The molecule has 0 aliphatic rings. The van der Waals surface area contributed by atoms with Gasteiger partial charge in [-0.1, -0.05) is 36.9 Å². The third kappa shape index (κ3) is 3.70. The van der Waals surface area contributed by atoms with Crippen molar-refractivity contribution in [2.75, 3.05) is 19.6 Å². The number of quaternary nitrogens is 1. The maximum Gasteiger partial charge on any atom is 0.359 e. The Morgan fingerprint density at radius 1 is 1.28 bits per heavy atom. The van der Waals surface area contributed by atoms with Gasteiger partial charge in [0.1, 0.15) is 6.54 Å². The minimum absolute atomic E-state index is 0.177. The summed E-state index contributed by atoms with van der Waals surface area (Å²) in [4.78, 5) is 11.0. The molecular weight excluding hydrogens is 226 g/mol. The smallest absolute Gasteiger partial charge is 0.359 e. The van der Waals surface area contributed by atoms with E-state index in [1.165, 1.54) is 5.56 Å². The Morgan fingerprint density at radius 3 is 2.22 bits per heavy atom. The van der Waals surface area contributed by atoms with Crippen molar-refractivity contribution in [1.29, 1.82) is 0 Å². The average Bonchev–Trinajstić information content (AvgIpc) is 2.38. The van der Waals surface area contributed by atoms with E-state index in [9.17, 15) is 4.79 Å². The fourth-order valence-electron chi connectivity index (χ4n) is 2.16. The standard InChI is InChI=1S/C15H21NO2/c1-4-13-7-9-14(10-8-13)11-16(5-2,6-3)12-15(17)18/h4,7-10H,1,5-6,11-12H2,2-3H3/p+1. The molecule has 18 heavy (non-hydrogen) atoms. The largest absolute Gasteiger partial charge is 0.477 e. The Kier molecular flexibility index (Phi) is 5.10. The fourth-order valence-corrected chi connectivity index (χ4v) is 2.16. The van der Waals surface area contributed by atoms with Gasteiger partial charge >= 0.3 is 5.97 Å². The highest BCUT2D eigenvalue weighted by Gasteiger charge is 2.26. The number of hydrogen-bond donors (Lipinski definition) is 1. The molecule has 0 saturated carbocycles. The van der Waals surface area contributed by atoms with Crippen LogP contribution in [0.4, 0.5) is 0 Å². The molecule has 1 aromatic rings. The topological polar surface area (TPSA) is 37.3 Å². The molecule has 0 bridgehead atoms. The first-order valence-electron chi connectivity index (χ1n) is 6.33. The maximum atomic E-state index is 11.0. The maximum absolute atomic E-state index is 11.0. The lowest BCUT2D eigenvalue weighted by Gasteiger charge is -2.35. The number of nitrogens with zero attached hydrogens (tertiary/aromatic N) is 1. The summed E-state index contributed by atoms with van der Waals surface area (Å²) in [5.74, 6) is -0.735. The summed E-state index contributed by atoms with van der Waals surface area (Å²) in [6.07, 6.45) is 1.81. The molecule has 0 amide bonds. The minimum Gasteiger partial charge on any atom is -0.477 e. The van der Waals surface area contributed by atoms with Gasteiger partial charge in [-0.2, -0.15) is 0 Å². The molecule has 0 aliphatic heterocycles. The normalized spacial score (nSPS) is 11.2. The SMILES string of the molecule is C=Cc1ccc(C[N+](CC)(CC)CC(=O)O)cc1. The predicted octanol–water partition coefficient (Wildman–Crippen LogP) is 2.77. The van der Waals surface area contributed by atoms with E-state index in [2.05, 4.69) is 18.7 Å². The highest BCUT2D eigenvalue weighted by atomic mass is 16.4. The van der Waals surface area contributed by atoms with Gasteiger partial charge in [-0.3, -0.25) is 0 Å². The summed E-state index contributed by atoms with van der Waals surface area (Å²) in [6.45, 7) is 10.4. The van der Waals surface area contributed by atoms with Gasteiger partial charge < -0.3 is 9.59 Å². The molecule has 1 N–H and O–H groups in total. The molecule has 0 saturated heterocycles. The second-order valence-electron chi connectivity index (χ2n) is 4.63. The van der Waals surface area contributed by atoms with Crippen molar-refractivity contribution in [3.63, 3.8) is 0 Å². The van der Waals surface area contributed by atoms with Crippen LogP contribution in [0.5, 0.6) is 0 Å². The number of benzene rings is 1. The summed E-state index contributed by atoms with van der Waals surface area (Å²) in [5.41, 5.74) is 2.26. The van der Waals surface area contributed by atoms with Crippen molar-refractivity contribution in [3.8, 4) is 0 Å². The number of carboxylic acids is 1. The molecule has 98 valence electrons. The van der Waals surface area contributed by atoms with Gasteiger partial charge in [0.05, 0.1) is 13.1 Å². The summed E-state index contributed by atoms with van der Waals surface area (Å²) < 4.78 is 0.586. The van der Waals surface area contributed by atoms with Crippen LogP contribution in [-0.4, -0.2) is 35.2 Å². The lowest BCUT2D eigenvalue weighted by Crippen LogP contribution is -2.50. The lowest BCUT2D eigenvalue weighted by atomic mass is 10.1. The van der Waals surface area contributed by atoms with Crippen molar-refractivity contribution in [1.82, 2.24) is 0 Å². The van der Waals surface area contributed by atoms with E-state index in [0.29, 0.717) is 4.48 Å². The van der Waals surface area contributed by atoms with Crippen LogP contribution in [0.2, 0.25) is 0 Å². The zero-order chi connectivity index (χ0) is 13.6. The lowest BCUT2D eigenvalue weighted by molar-refractivity contribution is -0.931. The Labute approximate surface area is 109 Å². The molecule has 3 nitrogen and oxygen atoms in total. The summed E-state index contributed by atoms with van der Waals surface area (Å²) >= 11 is 0. The van der Waals surface area contributed by atoms with Gasteiger partial charge in [-0.25, -0.2) is 4.79 Å². The fraction of sp³-hybridized carbons (Fsp3) is 0.400. The van der Waals surface area contributed by atoms with Crippen molar-refractivity contribution < 1.29 is 14.4 Å². The van der Waals surface area contributed by atoms with Crippen molar-refractivity contribution in [2.45, 2.75) is 20.4 Å². The minimum atomic E-state index is -0.735. The molecule has 1 rings (SSSR count). The van der Waals surface area contributed by atoms with Crippen LogP contribution in [0.25, 0.3) is 6.08 Å². The van der Waals surface area contributed by atoms with Gasteiger partial charge in [0.15, 0.2) is 6.54 Å². The zero-order valence-electron chi connectivity index (χ0n) is 11.2. The molecular formula is C15H22NO2+. The second kappa shape index (κ2) is 6.36. The molecule has 0 spiro atoms. The highest BCUT2D eigenvalue weighted by molar-refractivity contribution is 5.67. The number of likely N-dealkylation sites (N-methyl/N-ethyl adjacent to an activating group) is 1. The van der Waals surface area contributed by atoms with E-state index < -0.39 is 5.97 Å². The first-order chi connectivity index (χ1) is 8.55. The Bertz CT molecular complexity index is 405. The van der Waals surface area contributed by atoms with Gasteiger partial charge in [0.25, 0.3) is 0 Å². The van der Waals surface area contributed by atoms with E-state index in [-0.39, 0.29) is 6.54 Å². The summed E-state index contributed by atoms with van der Waals surface area (Å²) in [6, 6.07) is 8.14. The van der Waals surface area contributed by atoms with Crippen molar-refractivity contribution >= 4 is 12.0 Å². The number of carboxylic acid groups (broad SMARTS) is 1. The van der Waals surface area contributed by atoms with Crippen molar-refractivity contribution in [2.24, 2.45) is 0 Å². The highest BCUT2D eigenvalue weighted by Crippen LogP contribution is 2.15. The van der Waals surface area contributed by atoms with E-state index in [1.54, 1.807) is 0 Å². The van der Waals surface area contributed by atoms with Crippen molar-refractivity contribution in [3.05, 3.63) is 42.0 Å². The quantitative estimate of drug-likeness (QED) is 0.753. The number of rotatable bonds is 7. The van der Waals surface area contributed by atoms with Crippen LogP contribution in [0.15, 0.2) is 30.8 Å².